The van der Waals surface area contributed by atoms with E-state index in [-0.39, 0.29) is 0 Å². The number of ether oxygens (including phenoxy) is 1. The first-order valence-electron chi connectivity index (χ1n) is 10.0. The Labute approximate surface area is 173 Å². The SMILES string of the molecule is BN1CCC[C@H]1CNc1ccc(-c2ccccc2)cc1Oc1ccc(C#N)cc1. The molecule has 3 aromatic rings. The van der Waals surface area contributed by atoms with Crippen LogP contribution >= 0.6 is 0 Å². The monoisotopic (exact) mass is 381 g/mol. The van der Waals surface area contributed by atoms with Gasteiger partial charge in [0, 0.05) is 12.6 Å². The van der Waals surface area contributed by atoms with Gasteiger partial charge in [0.15, 0.2) is 13.7 Å². The maximum absolute atomic E-state index is 9.02. The zero-order valence-electron chi connectivity index (χ0n) is 16.6. The molecule has 1 heterocycles. The molecule has 4 nitrogen and oxygen atoms in total. The van der Waals surface area contributed by atoms with E-state index < -0.39 is 0 Å². The van der Waals surface area contributed by atoms with Crippen LogP contribution in [-0.4, -0.2) is 31.9 Å². The second-order valence-electron chi connectivity index (χ2n) is 7.47. The van der Waals surface area contributed by atoms with Gasteiger partial charge in [0.05, 0.1) is 17.3 Å². The highest BCUT2D eigenvalue weighted by atomic mass is 16.5. The predicted octanol–water partition coefficient (Wildman–Crippen LogP) is 4.44. The van der Waals surface area contributed by atoms with E-state index >= 15 is 0 Å². The summed E-state index contributed by atoms with van der Waals surface area (Å²) in [5, 5.41) is 12.6. The van der Waals surface area contributed by atoms with Crippen molar-refractivity contribution in [2.24, 2.45) is 0 Å². The second kappa shape index (κ2) is 8.85. The lowest BCUT2D eigenvalue weighted by Gasteiger charge is -2.22. The van der Waals surface area contributed by atoms with Crippen molar-refractivity contribution < 1.29 is 4.74 Å². The predicted molar refractivity (Wildman–Crippen MR) is 120 cm³/mol. The van der Waals surface area contributed by atoms with Crippen LogP contribution in [0.4, 0.5) is 5.69 Å². The van der Waals surface area contributed by atoms with E-state index in [1.165, 1.54) is 12.8 Å². The number of nitrogens with zero attached hydrogens (tertiary/aromatic N) is 2. The highest BCUT2D eigenvalue weighted by Gasteiger charge is 2.20. The summed E-state index contributed by atoms with van der Waals surface area (Å²) < 4.78 is 6.23. The van der Waals surface area contributed by atoms with Crippen molar-refractivity contribution in [2.75, 3.05) is 18.4 Å². The Bertz CT molecular complexity index is 999. The van der Waals surface area contributed by atoms with Gasteiger partial charge in [-0.05, 0) is 66.9 Å². The number of nitriles is 1. The summed E-state index contributed by atoms with van der Waals surface area (Å²) in [5.41, 5.74) is 3.87. The smallest absolute Gasteiger partial charge is 0.185 e. The van der Waals surface area contributed by atoms with E-state index in [4.69, 9.17) is 10.00 Å². The maximum Gasteiger partial charge on any atom is 0.185 e. The lowest BCUT2D eigenvalue weighted by atomic mass is 10.0. The molecule has 0 spiro atoms. The summed E-state index contributed by atoms with van der Waals surface area (Å²) in [5.74, 6) is 1.51. The lowest BCUT2D eigenvalue weighted by Crippen LogP contribution is -2.32. The minimum Gasteiger partial charge on any atom is -0.455 e. The van der Waals surface area contributed by atoms with Crippen LogP contribution in [-0.2, 0) is 0 Å². The summed E-state index contributed by atoms with van der Waals surface area (Å²) >= 11 is 0. The molecule has 1 fully saturated rings. The van der Waals surface area contributed by atoms with Gasteiger partial charge in [-0.2, -0.15) is 5.26 Å². The van der Waals surface area contributed by atoms with Crippen LogP contribution in [0.25, 0.3) is 11.1 Å². The molecule has 144 valence electrons. The van der Waals surface area contributed by atoms with E-state index in [0.29, 0.717) is 11.6 Å². The first-order valence-corrected chi connectivity index (χ1v) is 10.0. The molecule has 1 atom stereocenters. The van der Waals surface area contributed by atoms with Gasteiger partial charge in [-0.3, -0.25) is 0 Å². The molecular formula is C24H24BN3O. The Hall–Kier alpha value is -3.23. The fraction of sp³-hybridized carbons (Fsp3) is 0.208. The van der Waals surface area contributed by atoms with E-state index in [2.05, 4.69) is 54.5 Å². The number of hydrogen-bond acceptors (Lipinski definition) is 4. The van der Waals surface area contributed by atoms with Crippen LogP contribution < -0.4 is 10.1 Å². The van der Waals surface area contributed by atoms with E-state index in [9.17, 15) is 0 Å². The maximum atomic E-state index is 9.02. The van der Waals surface area contributed by atoms with Crippen molar-refractivity contribution >= 4 is 13.7 Å². The van der Waals surface area contributed by atoms with Gasteiger partial charge in [-0.25, -0.2) is 0 Å². The molecule has 1 aliphatic heterocycles. The summed E-state index contributed by atoms with van der Waals surface area (Å²) in [6, 6.07) is 26.5. The fourth-order valence-corrected chi connectivity index (χ4v) is 3.75. The Morgan fingerprint density at radius 2 is 1.83 bits per heavy atom. The molecule has 1 saturated heterocycles. The molecule has 0 saturated carbocycles. The first kappa shape index (κ1) is 19.1. The number of anilines is 1. The molecule has 3 aromatic carbocycles. The van der Waals surface area contributed by atoms with Crippen molar-refractivity contribution in [1.29, 1.82) is 5.26 Å². The normalized spacial score (nSPS) is 16.3. The van der Waals surface area contributed by atoms with Crippen LogP contribution in [0.15, 0.2) is 72.8 Å². The minimum atomic E-state index is 0.548. The van der Waals surface area contributed by atoms with Crippen molar-refractivity contribution in [3.8, 4) is 28.7 Å². The van der Waals surface area contributed by atoms with Crippen LogP contribution in [0.1, 0.15) is 18.4 Å². The van der Waals surface area contributed by atoms with Crippen molar-refractivity contribution in [2.45, 2.75) is 18.9 Å². The molecule has 1 N–H and O–H groups in total. The second-order valence-corrected chi connectivity index (χ2v) is 7.47. The van der Waals surface area contributed by atoms with Gasteiger partial charge in [0.1, 0.15) is 5.75 Å². The van der Waals surface area contributed by atoms with Crippen molar-refractivity contribution in [3.05, 3.63) is 78.4 Å². The molecular weight excluding hydrogens is 357 g/mol. The van der Waals surface area contributed by atoms with Gasteiger partial charge < -0.3 is 14.9 Å². The molecule has 5 heteroatoms. The van der Waals surface area contributed by atoms with Crippen LogP contribution in [0.3, 0.4) is 0 Å². The highest BCUT2D eigenvalue weighted by molar-refractivity contribution is 6.04. The van der Waals surface area contributed by atoms with Crippen LogP contribution in [0.2, 0.25) is 0 Å². The summed E-state index contributed by atoms with van der Waals surface area (Å²) in [4.78, 5) is 2.41. The molecule has 0 radical (unpaired) electrons. The van der Waals surface area contributed by atoms with Gasteiger partial charge in [0.25, 0.3) is 0 Å². The first-order chi connectivity index (χ1) is 14.2. The number of hydrogen-bond donors (Lipinski definition) is 1. The molecule has 4 rings (SSSR count). The van der Waals surface area contributed by atoms with Gasteiger partial charge in [0.2, 0.25) is 0 Å². The van der Waals surface area contributed by atoms with E-state index in [1.807, 2.05) is 30.3 Å². The Balaban J connectivity index is 1.60. The third-order valence-corrected chi connectivity index (χ3v) is 5.50. The van der Waals surface area contributed by atoms with Crippen molar-refractivity contribution in [1.82, 2.24) is 4.81 Å². The molecule has 0 aromatic heterocycles. The zero-order valence-corrected chi connectivity index (χ0v) is 16.6. The molecule has 0 amide bonds. The van der Waals surface area contributed by atoms with Crippen molar-refractivity contribution in [3.63, 3.8) is 0 Å². The topological polar surface area (TPSA) is 48.3 Å². The molecule has 1 aliphatic rings. The standard InChI is InChI=1S/C24H24BN3O/c25-28-14-4-7-21(28)17-27-23-13-10-20(19-5-2-1-3-6-19)15-24(23)29-22-11-8-18(16-26)9-12-22/h1-3,5-6,8-13,15,21,27H,4,7,14,17,25H2/t21-/m0/s1. The van der Waals surface area contributed by atoms with E-state index in [0.717, 1.165) is 41.4 Å². The quantitative estimate of drug-likeness (QED) is 0.642. The van der Waals surface area contributed by atoms with Gasteiger partial charge in [-0.1, -0.05) is 36.4 Å². The summed E-state index contributed by atoms with van der Waals surface area (Å²) in [6.45, 7) is 2.05. The average molecular weight is 381 g/mol. The highest BCUT2D eigenvalue weighted by Crippen LogP contribution is 2.34. The zero-order chi connectivity index (χ0) is 20.1. The third kappa shape index (κ3) is 4.61. The van der Waals surface area contributed by atoms with Gasteiger partial charge in [-0.15, -0.1) is 0 Å². The average Bonchev–Trinajstić information content (AvgIpc) is 3.18. The molecule has 29 heavy (non-hydrogen) atoms. The number of rotatable bonds is 6. The molecule has 0 bridgehead atoms. The Morgan fingerprint density at radius 1 is 1.03 bits per heavy atom. The number of nitrogens with one attached hydrogen (secondary N) is 1. The van der Waals surface area contributed by atoms with Crippen LogP contribution in [0.5, 0.6) is 11.5 Å². The third-order valence-electron chi connectivity index (χ3n) is 5.50. The molecule has 0 aliphatic carbocycles. The molecule has 0 unspecified atom stereocenters. The fourth-order valence-electron chi connectivity index (χ4n) is 3.75. The lowest BCUT2D eigenvalue weighted by molar-refractivity contribution is 0.434. The minimum absolute atomic E-state index is 0.548. The summed E-state index contributed by atoms with van der Waals surface area (Å²) in [6.07, 6.45) is 2.47. The summed E-state index contributed by atoms with van der Waals surface area (Å²) in [7, 11) is 2.19. The van der Waals surface area contributed by atoms with E-state index in [1.54, 1.807) is 12.1 Å². The van der Waals surface area contributed by atoms with Gasteiger partial charge >= 0.3 is 0 Å². The Morgan fingerprint density at radius 3 is 2.52 bits per heavy atom. The largest absolute Gasteiger partial charge is 0.455 e. The Kier molecular flexibility index (Phi) is 5.83. The van der Waals surface area contributed by atoms with Crippen LogP contribution in [0, 0.1) is 11.3 Å². The number of benzene rings is 3.